The van der Waals surface area contributed by atoms with E-state index in [-0.39, 0.29) is 0 Å². The van der Waals surface area contributed by atoms with Crippen molar-refractivity contribution in [1.29, 1.82) is 0 Å². The van der Waals surface area contributed by atoms with Crippen molar-refractivity contribution in [3.05, 3.63) is 29.8 Å². The molecule has 1 aromatic carbocycles. The number of piperidine rings is 1. The maximum absolute atomic E-state index is 5.73. The molecule has 1 aromatic rings. The fourth-order valence-corrected chi connectivity index (χ4v) is 2.72. The smallest absolute Gasteiger partial charge is 0.106 e. The average molecular weight is 263 g/mol. The minimum Gasteiger partial charge on any atom is -0.389 e. The van der Waals surface area contributed by atoms with Crippen LogP contribution in [-0.2, 0) is 0 Å². The van der Waals surface area contributed by atoms with E-state index in [0.29, 0.717) is 10.9 Å². The number of likely N-dealkylation sites (tertiary alicyclic amines) is 1. The van der Waals surface area contributed by atoms with Gasteiger partial charge in [-0.1, -0.05) is 24.4 Å². The third kappa shape index (κ3) is 3.43. The highest BCUT2D eigenvalue weighted by atomic mass is 32.1. The summed E-state index contributed by atoms with van der Waals surface area (Å²) in [6, 6.07) is 7.99. The van der Waals surface area contributed by atoms with Gasteiger partial charge in [0.25, 0.3) is 0 Å². The summed E-state index contributed by atoms with van der Waals surface area (Å²) >= 11 is 5.07. The van der Waals surface area contributed by atoms with Gasteiger partial charge in [0.15, 0.2) is 0 Å². The van der Waals surface area contributed by atoms with Gasteiger partial charge in [-0.15, -0.1) is 0 Å². The second-order valence-electron chi connectivity index (χ2n) is 5.06. The molecule has 98 valence electrons. The number of rotatable bonds is 4. The molecule has 2 rings (SSSR count). The van der Waals surface area contributed by atoms with Crippen LogP contribution in [0.5, 0.6) is 0 Å². The van der Waals surface area contributed by atoms with Crippen molar-refractivity contribution in [1.82, 2.24) is 4.90 Å². The van der Waals surface area contributed by atoms with E-state index in [2.05, 4.69) is 17.3 Å². The first-order valence-corrected chi connectivity index (χ1v) is 6.89. The number of para-hydroxylation sites is 1. The van der Waals surface area contributed by atoms with E-state index in [0.717, 1.165) is 17.8 Å². The Morgan fingerprint density at radius 2 is 2.28 bits per heavy atom. The summed E-state index contributed by atoms with van der Waals surface area (Å²) < 4.78 is 0. The van der Waals surface area contributed by atoms with Crippen molar-refractivity contribution < 1.29 is 0 Å². The molecule has 1 aliphatic heterocycles. The quantitative estimate of drug-likeness (QED) is 0.816. The van der Waals surface area contributed by atoms with E-state index in [4.69, 9.17) is 18.0 Å². The lowest BCUT2D eigenvalue weighted by Gasteiger charge is -2.30. The van der Waals surface area contributed by atoms with Crippen molar-refractivity contribution in [2.24, 2.45) is 11.7 Å². The van der Waals surface area contributed by atoms with Crippen LogP contribution in [0.15, 0.2) is 24.3 Å². The highest BCUT2D eigenvalue weighted by molar-refractivity contribution is 7.80. The number of nitrogens with zero attached hydrogens (tertiary/aromatic N) is 1. The van der Waals surface area contributed by atoms with Gasteiger partial charge in [0, 0.05) is 24.3 Å². The van der Waals surface area contributed by atoms with Gasteiger partial charge in [0.1, 0.15) is 4.99 Å². The van der Waals surface area contributed by atoms with E-state index in [1.165, 1.54) is 25.9 Å². The van der Waals surface area contributed by atoms with Crippen LogP contribution in [0.2, 0.25) is 0 Å². The largest absolute Gasteiger partial charge is 0.389 e. The van der Waals surface area contributed by atoms with Crippen LogP contribution in [0.25, 0.3) is 0 Å². The molecule has 1 saturated heterocycles. The number of nitrogens with one attached hydrogen (secondary N) is 1. The van der Waals surface area contributed by atoms with Crippen molar-refractivity contribution >= 4 is 22.9 Å². The monoisotopic (exact) mass is 263 g/mol. The van der Waals surface area contributed by atoms with Gasteiger partial charge in [0.2, 0.25) is 0 Å². The fourth-order valence-electron chi connectivity index (χ4n) is 2.55. The number of anilines is 1. The maximum atomic E-state index is 5.73. The zero-order valence-corrected chi connectivity index (χ0v) is 11.7. The molecule has 0 spiro atoms. The molecule has 3 nitrogen and oxygen atoms in total. The summed E-state index contributed by atoms with van der Waals surface area (Å²) in [5.74, 6) is 0.711. The summed E-state index contributed by atoms with van der Waals surface area (Å²) in [6.45, 7) is 3.38. The van der Waals surface area contributed by atoms with Crippen LogP contribution < -0.4 is 11.1 Å². The molecule has 1 unspecified atom stereocenters. The Bertz CT molecular complexity index is 419. The number of thiocarbonyl (C=S) groups is 1. The van der Waals surface area contributed by atoms with Crippen LogP contribution >= 0.6 is 12.2 Å². The molecule has 0 aromatic heterocycles. The normalized spacial score (nSPS) is 20.6. The van der Waals surface area contributed by atoms with Crippen molar-refractivity contribution in [3.8, 4) is 0 Å². The van der Waals surface area contributed by atoms with E-state index in [1.54, 1.807) is 0 Å². The van der Waals surface area contributed by atoms with Crippen molar-refractivity contribution in [2.75, 3.05) is 32.0 Å². The number of hydrogen-bond acceptors (Lipinski definition) is 3. The first-order chi connectivity index (χ1) is 8.66. The zero-order chi connectivity index (χ0) is 13.0. The Morgan fingerprint density at radius 1 is 1.50 bits per heavy atom. The lowest BCUT2D eigenvalue weighted by Crippen LogP contribution is -2.35. The third-order valence-electron chi connectivity index (χ3n) is 3.50. The topological polar surface area (TPSA) is 41.3 Å². The predicted molar refractivity (Wildman–Crippen MR) is 81.0 cm³/mol. The van der Waals surface area contributed by atoms with E-state index >= 15 is 0 Å². The molecule has 4 heteroatoms. The van der Waals surface area contributed by atoms with Crippen molar-refractivity contribution in [2.45, 2.75) is 12.8 Å². The molecule has 18 heavy (non-hydrogen) atoms. The number of hydrogen-bond donors (Lipinski definition) is 2. The number of benzene rings is 1. The molecule has 3 N–H and O–H groups in total. The Labute approximate surface area is 114 Å². The van der Waals surface area contributed by atoms with E-state index in [9.17, 15) is 0 Å². The molecule has 1 atom stereocenters. The molecule has 0 saturated carbocycles. The standard InChI is InChI=1S/C14H21N3S/c1-17-8-4-5-11(10-17)9-16-13-7-3-2-6-12(13)14(15)18/h2-3,6-7,11,16H,4-5,8-10H2,1H3,(H2,15,18). The van der Waals surface area contributed by atoms with E-state index in [1.807, 2.05) is 24.3 Å². The molecule has 0 aliphatic carbocycles. The van der Waals surface area contributed by atoms with Gasteiger partial charge < -0.3 is 16.0 Å². The van der Waals surface area contributed by atoms with Crippen LogP contribution in [0.3, 0.4) is 0 Å². The summed E-state index contributed by atoms with van der Waals surface area (Å²) in [7, 11) is 2.19. The summed E-state index contributed by atoms with van der Waals surface area (Å²) in [6.07, 6.45) is 2.59. The molecule has 0 amide bonds. The van der Waals surface area contributed by atoms with Crippen LogP contribution in [0.1, 0.15) is 18.4 Å². The Balaban J connectivity index is 1.95. The third-order valence-corrected chi connectivity index (χ3v) is 3.72. The number of nitrogens with two attached hydrogens (primary N) is 1. The first kappa shape index (κ1) is 13.3. The zero-order valence-electron chi connectivity index (χ0n) is 10.9. The van der Waals surface area contributed by atoms with E-state index < -0.39 is 0 Å². The second kappa shape index (κ2) is 6.16. The predicted octanol–water partition coefficient (Wildman–Crippen LogP) is 2.07. The molecule has 1 fully saturated rings. The molecular formula is C14H21N3S. The fraction of sp³-hybridized carbons (Fsp3) is 0.500. The SMILES string of the molecule is CN1CCCC(CNc2ccccc2C(N)=S)C1. The molecule has 0 radical (unpaired) electrons. The van der Waals surface area contributed by atoms with Crippen molar-refractivity contribution in [3.63, 3.8) is 0 Å². The van der Waals surface area contributed by atoms with Crippen LogP contribution in [0.4, 0.5) is 5.69 Å². The van der Waals surface area contributed by atoms with Gasteiger partial charge in [0.05, 0.1) is 0 Å². The summed E-state index contributed by atoms with van der Waals surface area (Å²) in [5, 5.41) is 3.49. The lowest BCUT2D eigenvalue weighted by molar-refractivity contribution is 0.217. The highest BCUT2D eigenvalue weighted by Crippen LogP contribution is 2.19. The Morgan fingerprint density at radius 3 is 3.00 bits per heavy atom. The average Bonchev–Trinajstić information content (AvgIpc) is 2.37. The maximum Gasteiger partial charge on any atom is 0.106 e. The Hall–Kier alpha value is -1.13. The Kier molecular flexibility index (Phi) is 4.55. The van der Waals surface area contributed by atoms with Gasteiger partial charge >= 0.3 is 0 Å². The van der Waals surface area contributed by atoms with Gasteiger partial charge in [-0.25, -0.2) is 0 Å². The molecule has 1 heterocycles. The summed E-state index contributed by atoms with van der Waals surface area (Å²) in [4.78, 5) is 2.86. The minimum atomic E-state index is 0.457. The van der Waals surface area contributed by atoms with Crippen LogP contribution in [0, 0.1) is 5.92 Å². The van der Waals surface area contributed by atoms with Gasteiger partial charge in [-0.05, 0) is 44.5 Å². The summed E-state index contributed by atoms with van der Waals surface area (Å²) in [5.41, 5.74) is 7.72. The minimum absolute atomic E-state index is 0.457. The van der Waals surface area contributed by atoms with Crippen LogP contribution in [-0.4, -0.2) is 36.6 Å². The highest BCUT2D eigenvalue weighted by Gasteiger charge is 2.17. The molecular weight excluding hydrogens is 242 g/mol. The lowest BCUT2D eigenvalue weighted by atomic mass is 9.98. The van der Waals surface area contributed by atoms with Gasteiger partial charge in [-0.3, -0.25) is 0 Å². The first-order valence-electron chi connectivity index (χ1n) is 6.48. The molecule has 0 bridgehead atoms. The second-order valence-corrected chi connectivity index (χ2v) is 5.50. The van der Waals surface area contributed by atoms with Gasteiger partial charge in [-0.2, -0.15) is 0 Å². The molecule has 1 aliphatic rings.